The standard InChI is InChI=1S/C17H22FNO4/c1-17(2,3)23-16(22)19-9-8-13(14(10-19)15(20)21)11-4-6-12(18)7-5-11/h4-7,13-14H,8-10H2,1-3H3,(H,20,21)/t13?,14-/m1/s1. The van der Waals surface area contributed by atoms with E-state index in [2.05, 4.69) is 0 Å². The topological polar surface area (TPSA) is 66.8 Å². The van der Waals surface area contributed by atoms with Crippen LogP contribution < -0.4 is 0 Å². The molecule has 0 bridgehead atoms. The van der Waals surface area contributed by atoms with Crippen molar-refractivity contribution in [2.45, 2.75) is 38.7 Å². The Kier molecular flexibility index (Phi) is 4.92. The molecule has 1 aliphatic heterocycles. The van der Waals surface area contributed by atoms with Crippen molar-refractivity contribution in [2.24, 2.45) is 5.92 Å². The second-order valence-corrected chi connectivity index (χ2v) is 6.82. The SMILES string of the molecule is CC(C)(C)OC(=O)N1CCC(c2ccc(F)cc2)[C@H](C(=O)O)C1. The fourth-order valence-electron chi connectivity index (χ4n) is 2.80. The van der Waals surface area contributed by atoms with Crippen LogP contribution in [0.15, 0.2) is 24.3 Å². The third kappa shape index (κ3) is 4.43. The summed E-state index contributed by atoms with van der Waals surface area (Å²) in [6, 6.07) is 5.88. The van der Waals surface area contributed by atoms with Crippen LogP contribution in [0.5, 0.6) is 0 Å². The molecule has 23 heavy (non-hydrogen) atoms. The molecule has 1 fully saturated rings. The fourth-order valence-corrected chi connectivity index (χ4v) is 2.80. The molecule has 0 aromatic heterocycles. The molecule has 1 amide bonds. The summed E-state index contributed by atoms with van der Waals surface area (Å²) in [6.45, 7) is 5.81. The Bertz CT molecular complexity index is 579. The quantitative estimate of drug-likeness (QED) is 0.907. The van der Waals surface area contributed by atoms with Gasteiger partial charge in [-0.25, -0.2) is 9.18 Å². The van der Waals surface area contributed by atoms with Crippen LogP contribution in [-0.4, -0.2) is 40.8 Å². The van der Waals surface area contributed by atoms with Gasteiger partial charge >= 0.3 is 12.1 Å². The third-order valence-electron chi connectivity index (χ3n) is 3.88. The summed E-state index contributed by atoms with van der Waals surface area (Å²) in [5, 5.41) is 9.50. The van der Waals surface area contributed by atoms with Crippen molar-refractivity contribution in [1.82, 2.24) is 4.90 Å². The summed E-state index contributed by atoms with van der Waals surface area (Å²) in [6.07, 6.45) is 0.00304. The molecule has 1 aliphatic rings. The second-order valence-electron chi connectivity index (χ2n) is 6.82. The van der Waals surface area contributed by atoms with Gasteiger partial charge in [-0.15, -0.1) is 0 Å². The number of carboxylic acids is 1. The number of hydrogen-bond acceptors (Lipinski definition) is 3. The minimum absolute atomic E-state index is 0.0896. The minimum Gasteiger partial charge on any atom is -0.481 e. The van der Waals surface area contributed by atoms with Crippen LogP contribution >= 0.6 is 0 Å². The Morgan fingerprint density at radius 3 is 2.39 bits per heavy atom. The monoisotopic (exact) mass is 323 g/mol. The van der Waals surface area contributed by atoms with E-state index >= 15 is 0 Å². The van der Waals surface area contributed by atoms with Crippen LogP contribution in [-0.2, 0) is 9.53 Å². The number of nitrogens with zero attached hydrogens (tertiary/aromatic N) is 1. The number of likely N-dealkylation sites (tertiary alicyclic amines) is 1. The average molecular weight is 323 g/mol. The van der Waals surface area contributed by atoms with Crippen molar-refractivity contribution < 1.29 is 23.8 Å². The van der Waals surface area contributed by atoms with Crippen LogP contribution in [0.4, 0.5) is 9.18 Å². The van der Waals surface area contributed by atoms with Gasteiger partial charge in [0.1, 0.15) is 11.4 Å². The number of halogens is 1. The van der Waals surface area contributed by atoms with Crippen LogP contribution in [0.2, 0.25) is 0 Å². The van der Waals surface area contributed by atoms with Gasteiger partial charge in [-0.1, -0.05) is 12.1 Å². The fraction of sp³-hybridized carbons (Fsp3) is 0.529. The molecule has 1 aromatic rings. The van der Waals surface area contributed by atoms with Gasteiger partial charge < -0.3 is 14.7 Å². The molecule has 2 rings (SSSR count). The predicted octanol–water partition coefficient (Wildman–Crippen LogP) is 3.25. The second kappa shape index (κ2) is 6.56. The maximum Gasteiger partial charge on any atom is 0.410 e. The Labute approximate surface area is 135 Å². The van der Waals surface area contributed by atoms with Crippen molar-refractivity contribution >= 4 is 12.1 Å². The summed E-state index contributed by atoms with van der Waals surface area (Å²) in [7, 11) is 0. The molecule has 2 atom stereocenters. The van der Waals surface area contributed by atoms with Crippen LogP contribution in [0, 0.1) is 11.7 Å². The van der Waals surface area contributed by atoms with Crippen molar-refractivity contribution in [2.75, 3.05) is 13.1 Å². The van der Waals surface area contributed by atoms with Gasteiger partial charge in [0.2, 0.25) is 0 Å². The van der Waals surface area contributed by atoms with Gasteiger partial charge in [-0.3, -0.25) is 4.79 Å². The van der Waals surface area contributed by atoms with Crippen LogP contribution in [0.3, 0.4) is 0 Å². The predicted molar refractivity (Wildman–Crippen MR) is 82.7 cm³/mol. The maximum absolute atomic E-state index is 13.0. The van der Waals surface area contributed by atoms with E-state index in [0.29, 0.717) is 13.0 Å². The molecule has 0 saturated carbocycles. The van der Waals surface area contributed by atoms with E-state index < -0.39 is 23.6 Å². The van der Waals surface area contributed by atoms with Gasteiger partial charge in [0.05, 0.1) is 5.92 Å². The first-order chi connectivity index (χ1) is 10.7. The third-order valence-corrected chi connectivity index (χ3v) is 3.88. The number of aliphatic carboxylic acids is 1. The summed E-state index contributed by atoms with van der Waals surface area (Å²) < 4.78 is 18.4. The number of carboxylic acid groups (broad SMARTS) is 1. The van der Waals surface area contributed by atoms with Crippen molar-refractivity contribution in [3.8, 4) is 0 Å². The lowest BCUT2D eigenvalue weighted by molar-refractivity contribution is -0.144. The minimum atomic E-state index is -0.965. The largest absolute Gasteiger partial charge is 0.481 e. The van der Waals surface area contributed by atoms with Crippen molar-refractivity contribution in [1.29, 1.82) is 0 Å². The van der Waals surface area contributed by atoms with E-state index in [9.17, 15) is 19.1 Å². The van der Waals surface area contributed by atoms with E-state index in [4.69, 9.17) is 4.74 Å². The summed E-state index contributed by atoms with van der Waals surface area (Å²) in [4.78, 5) is 25.2. The molecule has 6 heteroatoms. The van der Waals surface area contributed by atoms with E-state index in [1.807, 2.05) is 0 Å². The molecule has 0 spiro atoms. The summed E-state index contributed by atoms with van der Waals surface area (Å²) >= 11 is 0. The van der Waals surface area contributed by atoms with E-state index in [-0.39, 0.29) is 18.3 Å². The smallest absolute Gasteiger partial charge is 0.410 e. The molecule has 0 aliphatic carbocycles. The number of ether oxygens (including phenoxy) is 1. The molecule has 1 heterocycles. The van der Waals surface area contributed by atoms with Crippen molar-refractivity contribution in [3.05, 3.63) is 35.6 Å². The van der Waals surface area contributed by atoms with E-state index in [1.54, 1.807) is 32.9 Å². The van der Waals surface area contributed by atoms with Crippen LogP contribution in [0.1, 0.15) is 38.7 Å². The molecular weight excluding hydrogens is 301 g/mol. The highest BCUT2D eigenvalue weighted by molar-refractivity contribution is 5.74. The van der Waals surface area contributed by atoms with E-state index in [0.717, 1.165) is 5.56 Å². The number of piperidine rings is 1. The lowest BCUT2D eigenvalue weighted by atomic mass is 9.80. The lowest BCUT2D eigenvalue weighted by Crippen LogP contribution is -2.47. The molecule has 1 saturated heterocycles. The maximum atomic E-state index is 13.0. The van der Waals surface area contributed by atoms with E-state index in [1.165, 1.54) is 17.0 Å². The summed E-state index contributed by atoms with van der Waals surface area (Å²) in [5.74, 6) is -2.30. The lowest BCUT2D eigenvalue weighted by Gasteiger charge is -2.37. The number of rotatable bonds is 2. The molecule has 1 unspecified atom stereocenters. The highest BCUT2D eigenvalue weighted by atomic mass is 19.1. The zero-order chi connectivity index (χ0) is 17.2. The highest BCUT2D eigenvalue weighted by Crippen LogP contribution is 2.34. The molecule has 0 radical (unpaired) electrons. The van der Waals surface area contributed by atoms with Gasteiger partial charge in [0.15, 0.2) is 0 Å². The van der Waals surface area contributed by atoms with Gasteiger partial charge in [0, 0.05) is 19.0 Å². The van der Waals surface area contributed by atoms with Gasteiger partial charge in [-0.05, 0) is 44.9 Å². The van der Waals surface area contributed by atoms with Crippen LogP contribution in [0.25, 0.3) is 0 Å². The Morgan fingerprint density at radius 2 is 1.87 bits per heavy atom. The van der Waals surface area contributed by atoms with Gasteiger partial charge in [-0.2, -0.15) is 0 Å². The first-order valence-electron chi connectivity index (χ1n) is 7.63. The van der Waals surface area contributed by atoms with Crippen molar-refractivity contribution in [3.63, 3.8) is 0 Å². The molecular formula is C17H22FNO4. The van der Waals surface area contributed by atoms with Gasteiger partial charge in [0.25, 0.3) is 0 Å². The molecule has 5 nitrogen and oxygen atoms in total. The Hall–Kier alpha value is -2.11. The Balaban J connectivity index is 2.13. The zero-order valence-corrected chi connectivity index (χ0v) is 13.6. The number of hydrogen-bond donors (Lipinski definition) is 1. The highest BCUT2D eigenvalue weighted by Gasteiger charge is 2.38. The zero-order valence-electron chi connectivity index (χ0n) is 13.6. The molecule has 1 aromatic carbocycles. The number of carbonyl (C=O) groups is 2. The normalized spacial score (nSPS) is 21.8. The molecule has 1 N–H and O–H groups in total. The summed E-state index contributed by atoms with van der Waals surface area (Å²) in [5.41, 5.74) is 0.159. The average Bonchev–Trinajstić information content (AvgIpc) is 2.45. The molecule has 126 valence electrons. The number of carbonyl (C=O) groups excluding carboxylic acids is 1. The number of amides is 1. The number of benzene rings is 1. The first-order valence-corrected chi connectivity index (χ1v) is 7.63. The first kappa shape index (κ1) is 17.2. The Morgan fingerprint density at radius 1 is 1.26 bits per heavy atom.